The van der Waals surface area contributed by atoms with Gasteiger partial charge in [0, 0.05) is 37.4 Å². The van der Waals surface area contributed by atoms with E-state index in [4.69, 9.17) is 0 Å². The van der Waals surface area contributed by atoms with Gasteiger partial charge in [-0.05, 0) is 41.5 Å². The maximum absolute atomic E-state index is 13.7. The molecule has 0 saturated carbocycles. The number of alkyl halides is 3. The van der Waals surface area contributed by atoms with Gasteiger partial charge in [-0.1, -0.05) is 30.3 Å². The zero-order chi connectivity index (χ0) is 24.1. The highest BCUT2D eigenvalue weighted by atomic mass is 19.4. The van der Waals surface area contributed by atoms with Crippen molar-refractivity contribution in [2.75, 3.05) is 17.7 Å². The molecular formula is C25H20F3N5O. The number of nitrogens with zero attached hydrogens (tertiary/aromatic N) is 2. The van der Waals surface area contributed by atoms with Crippen molar-refractivity contribution in [3.05, 3.63) is 96.4 Å². The topological polar surface area (TPSA) is 78.9 Å². The fraction of sp³-hybridized carbons (Fsp3) is 0.0800. The van der Waals surface area contributed by atoms with E-state index in [9.17, 15) is 18.0 Å². The Morgan fingerprint density at radius 3 is 2.29 bits per heavy atom. The van der Waals surface area contributed by atoms with Crippen LogP contribution >= 0.6 is 0 Å². The van der Waals surface area contributed by atoms with Gasteiger partial charge in [0.2, 0.25) is 0 Å². The summed E-state index contributed by atoms with van der Waals surface area (Å²) in [4.78, 5) is 20.2. The van der Waals surface area contributed by atoms with Gasteiger partial charge in [0.15, 0.2) is 0 Å². The molecule has 2 aromatic carbocycles. The fourth-order valence-corrected chi connectivity index (χ4v) is 3.35. The number of carbonyl (C=O) groups is 1. The Balaban J connectivity index is 1.63. The molecule has 2 heterocycles. The summed E-state index contributed by atoms with van der Waals surface area (Å²) >= 11 is 0. The average Bonchev–Trinajstić information content (AvgIpc) is 2.84. The second-order valence-corrected chi connectivity index (χ2v) is 7.31. The van der Waals surface area contributed by atoms with Crippen LogP contribution < -0.4 is 16.0 Å². The minimum atomic E-state index is -4.64. The Bertz CT molecular complexity index is 1290. The molecule has 0 unspecified atom stereocenters. The molecule has 6 nitrogen and oxygen atoms in total. The lowest BCUT2D eigenvalue weighted by Gasteiger charge is -2.17. The molecule has 0 fully saturated rings. The summed E-state index contributed by atoms with van der Waals surface area (Å²) in [5.74, 6) is -0.208. The molecule has 0 radical (unpaired) electrons. The Labute approximate surface area is 193 Å². The van der Waals surface area contributed by atoms with E-state index in [1.54, 1.807) is 36.7 Å². The van der Waals surface area contributed by atoms with Gasteiger partial charge in [-0.15, -0.1) is 0 Å². The normalized spacial score (nSPS) is 11.1. The van der Waals surface area contributed by atoms with Crippen LogP contribution in [-0.2, 0) is 6.18 Å². The number of rotatable bonds is 6. The van der Waals surface area contributed by atoms with E-state index in [1.165, 1.54) is 25.2 Å². The first-order chi connectivity index (χ1) is 16.3. The lowest BCUT2D eigenvalue weighted by atomic mass is 10.1. The molecule has 3 N–H and O–H groups in total. The predicted octanol–water partition coefficient (Wildman–Crippen LogP) is 6.01. The zero-order valence-corrected chi connectivity index (χ0v) is 18.0. The van der Waals surface area contributed by atoms with Crippen LogP contribution in [0.2, 0.25) is 0 Å². The standard InChI is InChI=1S/C25H20F3N5O/c1-29-24(34)19-6-2-3-7-21(19)33-22-13-23(31-15-20(22)25(26,27)28)32-18-10-8-16(9-11-18)17-5-4-12-30-14-17/h2-15H,1H3,(H,29,34)(H2,31,32,33). The Hall–Kier alpha value is -4.40. The van der Waals surface area contributed by atoms with Gasteiger partial charge in [-0.25, -0.2) is 4.98 Å². The van der Waals surface area contributed by atoms with Crippen LogP contribution in [0.3, 0.4) is 0 Å². The van der Waals surface area contributed by atoms with Crippen LogP contribution in [0.1, 0.15) is 15.9 Å². The van der Waals surface area contributed by atoms with Gasteiger partial charge in [-0.3, -0.25) is 9.78 Å². The molecule has 0 spiro atoms. The second-order valence-electron chi connectivity index (χ2n) is 7.31. The van der Waals surface area contributed by atoms with E-state index >= 15 is 0 Å². The number of anilines is 4. The lowest BCUT2D eigenvalue weighted by Crippen LogP contribution is -2.19. The minimum absolute atomic E-state index is 0.210. The van der Waals surface area contributed by atoms with Crippen LogP contribution in [-0.4, -0.2) is 22.9 Å². The molecule has 4 rings (SSSR count). The largest absolute Gasteiger partial charge is 0.419 e. The molecule has 0 atom stereocenters. The molecule has 2 aromatic heterocycles. The number of para-hydroxylation sites is 1. The summed E-state index contributed by atoms with van der Waals surface area (Å²) in [5, 5.41) is 8.26. The van der Waals surface area contributed by atoms with Crippen molar-refractivity contribution in [2.45, 2.75) is 6.18 Å². The Kier molecular flexibility index (Phi) is 6.44. The molecule has 1 amide bonds. The summed E-state index contributed by atoms with van der Waals surface area (Å²) in [6.45, 7) is 0. The molecule has 0 bridgehead atoms. The van der Waals surface area contributed by atoms with Gasteiger partial charge in [-0.2, -0.15) is 13.2 Å². The van der Waals surface area contributed by atoms with E-state index in [-0.39, 0.29) is 22.8 Å². The van der Waals surface area contributed by atoms with Crippen molar-refractivity contribution in [3.8, 4) is 11.1 Å². The van der Waals surface area contributed by atoms with Crippen LogP contribution in [0.5, 0.6) is 0 Å². The summed E-state index contributed by atoms with van der Waals surface area (Å²) in [6.07, 6.45) is -0.443. The lowest BCUT2D eigenvalue weighted by molar-refractivity contribution is -0.137. The first-order valence-electron chi connectivity index (χ1n) is 10.3. The quantitative estimate of drug-likeness (QED) is 0.326. The van der Waals surface area contributed by atoms with Gasteiger partial charge in [0.1, 0.15) is 5.82 Å². The number of aromatic nitrogens is 2. The Morgan fingerprint density at radius 1 is 0.853 bits per heavy atom. The first-order valence-corrected chi connectivity index (χ1v) is 10.3. The SMILES string of the molecule is CNC(=O)c1ccccc1Nc1cc(Nc2ccc(-c3cccnc3)cc2)ncc1C(F)(F)F. The predicted molar refractivity (Wildman–Crippen MR) is 125 cm³/mol. The third-order valence-electron chi connectivity index (χ3n) is 5.03. The van der Waals surface area contributed by atoms with Gasteiger partial charge in [0.25, 0.3) is 5.91 Å². The molecule has 0 aliphatic carbocycles. The zero-order valence-electron chi connectivity index (χ0n) is 18.0. The van der Waals surface area contributed by atoms with E-state index in [2.05, 4.69) is 25.9 Å². The van der Waals surface area contributed by atoms with Gasteiger partial charge < -0.3 is 16.0 Å². The molecule has 0 saturated heterocycles. The van der Waals surface area contributed by atoms with Crippen LogP contribution in [0.25, 0.3) is 11.1 Å². The third kappa shape index (κ3) is 5.15. The number of nitrogens with one attached hydrogen (secondary N) is 3. The molecule has 0 aliphatic rings. The van der Waals surface area contributed by atoms with Crippen molar-refractivity contribution in [1.29, 1.82) is 0 Å². The summed E-state index contributed by atoms with van der Waals surface area (Å²) in [6, 6.07) is 18.7. The van der Waals surface area contributed by atoms with Crippen LogP contribution in [0.4, 0.5) is 36.1 Å². The summed E-state index contributed by atoms with van der Waals surface area (Å²) in [7, 11) is 1.45. The van der Waals surface area contributed by atoms with Crippen molar-refractivity contribution in [2.24, 2.45) is 0 Å². The number of halogens is 3. The van der Waals surface area contributed by atoms with E-state index in [0.29, 0.717) is 5.69 Å². The number of benzene rings is 2. The van der Waals surface area contributed by atoms with Crippen molar-refractivity contribution in [3.63, 3.8) is 0 Å². The third-order valence-corrected chi connectivity index (χ3v) is 5.03. The monoisotopic (exact) mass is 463 g/mol. The van der Waals surface area contributed by atoms with Crippen molar-refractivity contribution in [1.82, 2.24) is 15.3 Å². The molecule has 34 heavy (non-hydrogen) atoms. The number of hydrogen-bond acceptors (Lipinski definition) is 5. The highest BCUT2D eigenvalue weighted by Gasteiger charge is 2.34. The molecule has 172 valence electrons. The Morgan fingerprint density at radius 2 is 1.62 bits per heavy atom. The molecule has 0 aliphatic heterocycles. The molecular weight excluding hydrogens is 443 g/mol. The molecule has 4 aromatic rings. The van der Waals surface area contributed by atoms with Crippen LogP contribution in [0.15, 0.2) is 85.3 Å². The van der Waals surface area contributed by atoms with E-state index in [1.807, 2.05) is 24.3 Å². The van der Waals surface area contributed by atoms with Crippen molar-refractivity contribution >= 4 is 28.8 Å². The highest BCUT2D eigenvalue weighted by Crippen LogP contribution is 2.37. The van der Waals surface area contributed by atoms with E-state index in [0.717, 1.165) is 17.3 Å². The second kappa shape index (κ2) is 9.62. The average molecular weight is 463 g/mol. The molecule has 9 heteroatoms. The first kappa shape index (κ1) is 22.8. The maximum atomic E-state index is 13.7. The fourth-order valence-electron chi connectivity index (χ4n) is 3.35. The number of carbonyl (C=O) groups excluding carboxylic acids is 1. The smallest absolute Gasteiger partial charge is 0.355 e. The van der Waals surface area contributed by atoms with Crippen LogP contribution in [0, 0.1) is 0 Å². The number of pyridine rings is 2. The van der Waals surface area contributed by atoms with Crippen molar-refractivity contribution < 1.29 is 18.0 Å². The van der Waals surface area contributed by atoms with Gasteiger partial charge >= 0.3 is 6.18 Å². The minimum Gasteiger partial charge on any atom is -0.355 e. The summed E-state index contributed by atoms with van der Waals surface area (Å²) in [5.41, 5.74) is 1.83. The van der Waals surface area contributed by atoms with E-state index < -0.39 is 17.6 Å². The number of hydrogen-bond donors (Lipinski definition) is 3. The van der Waals surface area contributed by atoms with Gasteiger partial charge in [0.05, 0.1) is 22.5 Å². The number of amides is 1. The highest BCUT2D eigenvalue weighted by molar-refractivity contribution is 6.00. The summed E-state index contributed by atoms with van der Waals surface area (Å²) < 4.78 is 41.0. The maximum Gasteiger partial charge on any atom is 0.419 e.